The first-order valence-corrected chi connectivity index (χ1v) is 16.8. The molecule has 0 aromatic heterocycles. The van der Waals surface area contributed by atoms with Crippen LogP contribution in [0.3, 0.4) is 0 Å². The molecule has 1 aliphatic heterocycles. The Morgan fingerprint density at radius 2 is 1.63 bits per heavy atom. The third-order valence-electron chi connectivity index (χ3n) is 7.82. The Morgan fingerprint density at radius 3 is 2.16 bits per heavy atom. The van der Waals surface area contributed by atoms with E-state index >= 15 is 8.78 Å². The third kappa shape index (κ3) is 9.66. The molecule has 18 heteroatoms. The van der Waals surface area contributed by atoms with E-state index in [0.29, 0.717) is 16.2 Å². The number of nitrogens with one attached hydrogen (secondary N) is 2. The van der Waals surface area contributed by atoms with E-state index in [1.165, 1.54) is 57.4 Å². The van der Waals surface area contributed by atoms with Gasteiger partial charge >= 0.3 is 12.1 Å². The molecule has 1 saturated heterocycles. The standard InChI is InChI=1S/C31H35ClF5N3O8S/c1-17(2)25(26(41)31(35,36)37)39-27(42)24-13-22(49(45,46)16-18-8-10-21(48-4)11-9-18)14-40(24)28(43)23(15-47-3)38-29(44)30(33,34)19-6-5-7-20(32)12-19/h5-12,17,22-25H,13-16H2,1-4H3,(H,38,44)(H,39,42)/t22-,23+,24+,25+/m1/s1. The zero-order valence-corrected chi connectivity index (χ0v) is 28.3. The van der Waals surface area contributed by atoms with Crippen molar-refractivity contribution in [2.24, 2.45) is 5.92 Å². The average molecular weight is 740 g/mol. The van der Waals surface area contributed by atoms with Gasteiger partial charge in [-0.25, -0.2) is 8.42 Å². The summed E-state index contributed by atoms with van der Waals surface area (Å²) in [5.41, 5.74) is -0.492. The molecule has 2 N–H and O–H groups in total. The maximum Gasteiger partial charge on any atom is 0.452 e. The molecule has 1 aliphatic rings. The predicted octanol–water partition coefficient (Wildman–Crippen LogP) is 3.43. The number of nitrogens with zero attached hydrogens (tertiary/aromatic N) is 1. The van der Waals surface area contributed by atoms with Gasteiger partial charge in [-0.05, 0) is 42.2 Å². The van der Waals surface area contributed by atoms with Crippen LogP contribution in [0.1, 0.15) is 31.4 Å². The lowest BCUT2D eigenvalue weighted by atomic mass is 9.98. The highest BCUT2D eigenvalue weighted by atomic mass is 35.5. The van der Waals surface area contributed by atoms with Gasteiger partial charge in [-0.3, -0.25) is 19.2 Å². The highest BCUT2D eigenvalue weighted by molar-refractivity contribution is 7.91. The Kier molecular flexibility index (Phi) is 12.8. The average Bonchev–Trinajstić information content (AvgIpc) is 3.49. The summed E-state index contributed by atoms with van der Waals surface area (Å²) in [6, 6.07) is 4.39. The summed E-state index contributed by atoms with van der Waals surface area (Å²) in [5.74, 6) is -12.2. The first-order valence-electron chi connectivity index (χ1n) is 14.7. The largest absolute Gasteiger partial charge is 0.497 e. The Balaban J connectivity index is 1.97. The summed E-state index contributed by atoms with van der Waals surface area (Å²) < 4.78 is 107. The van der Waals surface area contributed by atoms with Crippen molar-refractivity contribution in [3.8, 4) is 5.75 Å². The third-order valence-corrected chi connectivity index (χ3v) is 10.1. The summed E-state index contributed by atoms with van der Waals surface area (Å²) in [4.78, 5) is 52.9. The quantitative estimate of drug-likeness (QED) is 0.280. The van der Waals surface area contributed by atoms with Gasteiger partial charge < -0.3 is 25.0 Å². The second kappa shape index (κ2) is 15.8. The van der Waals surface area contributed by atoms with E-state index in [-0.39, 0.29) is 5.02 Å². The Hall–Kier alpha value is -3.83. The number of hydrogen-bond acceptors (Lipinski definition) is 8. The number of alkyl halides is 5. The second-order valence-electron chi connectivity index (χ2n) is 11.7. The Morgan fingerprint density at radius 1 is 1.00 bits per heavy atom. The molecule has 0 spiro atoms. The number of amides is 3. The van der Waals surface area contributed by atoms with Gasteiger partial charge in [0.2, 0.25) is 11.8 Å². The van der Waals surface area contributed by atoms with Crippen molar-refractivity contribution in [2.45, 2.75) is 61.5 Å². The van der Waals surface area contributed by atoms with Crippen molar-refractivity contribution < 1.29 is 59.0 Å². The smallest absolute Gasteiger partial charge is 0.452 e. The van der Waals surface area contributed by atoms with Gasteiger partial charge in [-0.15, -0.1) is 0 Å². The number of sulfone groups is 1. The summed E-state index contributed by atoms with van der Waals surface area (Å²) >= 11 is 5.79. The van der Waals surface area contributed by atoms with Crippen molar-refractivity contribution in [1.82, 2.24) is 15.5 Å². The van der Waals surface area contributed by atoms with Crippen molar-refractivity contribution in [3.05, 3.63) is 64.7 Å². The minimum atomic E-state index is -5.33. The molecule has 11 nitrogen and oxygen atoms in total. The van der Waals surface area contributed by atoms with E-state index in [4.69, 9.17) is 21.1 Å². The zero-order valence-electron chi connectivity index (χ0n) is 26.7. The van der Waals surface area contributed by atoms with E-state index in [9.17, 15) is 40.8 Å². The minimum Gasteiger partial charge on any atom is -0.497 e. The van der Waals surface area contributed by atoms with Crippen LogP contribution in [-0.2, 0) is 45.4 Å². The molecule has 3 amide bonds. The molecule has 3 rings (SSSR count). The Bertz CT molecular complexity index is 1640. The fourth-order valence-corrected chi connectivity index (χ4v) is 7.13. The van der Waals surface area contributed by atoms with Crippen LogP contribution in [0.4, 0.5) is 22.0 Å². The maximum absolute atomic E-state index is 15.1. The van der Waals surface area contributed by atoms with E-state index < -0.39 is 106 Å². The number of hydrogen-bond donors (Lipinski definition) is 2. The molecule has 49 heavy (non-hydrogen) atoms. The number of halogens is 6. The van der Waals surface area contributed by atoms with Gasteiger partial charge in [0.25, 0.3) is 11.7 Å². The summed E-state index contributed by atoms with van der Waals surface area (Å²) in [6.45, 7) is 1.05. The number of likely N-dealkylation sites (tertiary alicyclic amines) is 1. The van der Waals surface area contributed by atoms with Crippen LogP contribution in [0.25, 0.3) is 0 Å². The summed E-state index contributed by atoms with van der Waals surface area (Å²) in [5, 5.41) is 2.29. The fourth-order valence-electron chi connectivity index (χ4n) is 5.19. The SMILES string of the molecule is COC[C@H](NC(=O)C(F)(F)c1cccc(Cl)c1)C(=O)N1C[C@H](S(=O)(=O)Cc2ccc(OC)cc2)C[C@H]1C(=O)N[C@H](C(=O)C(F)(F)F)C(C)C. The van der Waals surface area contributed by atoms with Gasteiger partial charge in [0.1, 0.15) is 17.8 Å². The fraction of sp³-hybridized carbons (Fsp3) is 0.484. The van der Waals surface area contributed by atoms with E-state index in [0.717, 1.165) is 19.2 Å². The molecule has 1 fully saturated rings. The summed E-state index contributed by atoms with van der Waals surface area (Å²) in [7, 11) is -1.70. The minimum absolute atomic E-state index is 0.106. The van der Waals surface area contributed by atoms with Crippen molar-refractivity contribution in [3.63, 3.8) is 0 Å². The lowest BCUT2D eigenvalue weighted by Gasteiger charge is -2.30. The number of carbonyl (C=O) groups is 4. The predicted molar refractivity (Wildman–Crippen MR) is 167 cm³/mol. The zero-order chi connectivity index (χ0) is 36.9. The number of carbonyl (C=O) groups excluding carboxylic acids is 4. The molecule has 0 radical (unpaired) electrons. The first-order chi connectivity index (χ1) is 22.7. The number of benzene rings is 2. The molecule has 0 bridgehead atoms. The van der Waals surface area contributed by atoms with E-state index in [1.807, 2.05) is 10.6 Å². The van der Waals surface area contributed by atoms with Gasteiger partial charge in [0, 0.05) is 24.2 Å². The number of methoxy groups -OCH3 is 2. The van der Waals surface area contributed by atoms with Crippen LogP contribution in [0.15, 0.2) is 48.5 Å². The molecule has 0 unspecified atom stereocenters. The molecule has 0 aliphatic carbocycles. The van der Waals surface area contributed by atoms with Crippen LogP contribution < -0.4 is 15.4 Å². The molecule has 2 aromatic rings. The number of ether oxygens (including phenoxy) is 2. The lowest BCUT2D eigenvalue weighted by molar-refractivity contribution is -0.175. The number of ketones is 1. The van der Waals surface area contributed by atoms with Crippen molar-refractivity contribution in [2.75, 3.05) is 27.4 Å². The van der Waals surface area contributed by atoms with Crippen molar-refractivity contribution in [1.29, 1.82) is 0 Å². The monoisotopic (exact) mass is 739 g/mol. The van der Waals surface area contributed by atoms with Gasteiger partial charge in [0.05, 0.1) is 30.8 Å². The van der Waals surface area contributed by atoms with Crippen LogP contribution in [-0.4, -0.2) is 93.7 Å². The topological polar surface area (TPSA) is 148 Å². The van der Waals surface area contributed by atoms with Crippen molar-refractivity contribution >= 4 is 44.9 Å². The number of Topliss-reactive ketones (excluding diaryl/α,β-unsaturated/α-hetero) is 1. The maximum atomic E-state index is 15.1. The molecule has 2 aromatic carbocycles. The molecule has 1 heterocycles. The van der Waals surface area contributed by atoms with Crippen LogP contribution in [0.2, 0.25) is 5.02 Å². The molecular formula is C31H35ClF5N3O8S. The normalized spacial score (nSPS) is 18.1. The number of rotatable bonds is 14. The van der Waals surface area contributed by atoms with E-state index in [2.05, 4.69) is 0 Å². The van der Waals surface area contributed by atoms with Gasteiger partial charge in [0.15, 0.2) is 9.84 Å². The second-order valence-corrected chi connectivity index (χ2v) is 14.4. The van der Waals surface area contributed by atoms with Crippen LogP contribution >= 0.6 is 11.6 Å². The lowest BCUT2D eigenvalue weighted by Crippen LogP contribution is -2.58. The van der Waals surface area contributed by atoms with Crippen LogP contribution in [0.5, 0.6) is 5.75 Å². The van der Waals surface area contributed by atoms with E-state index in [1.54, 1.807) is 0 Å². The highest BCUT2D eigenvalue weighted by Crippen LogP contribution is 2.32. The van der Waals surface area contributed by atoms with Gasteiger partial charge in [-0.1, -0.05) is 49.7 Å². The molecule has 0 saturated carbocycles. The molecule has 4 atom stereocenters. The summed E-state index contributed by atoms with van der Waals surface area (Å²) in [6.07, 6.45) is -5.95. The Labute approximate surface area is 284 Å². The molecular weight excluding hydrogens is 705 g/mol. The molecule has 270 valence electrons. The highest BCUT2D eigenvalue weighted by Gasteiger charge is 2.50. The first kappa shape index (κ1) is 39.6. The van der Waals surface area contributed by atoms with Gasteiger partial charge in [-0.2, -0.15) is 22.0 Å². The van der Waals surface area contributed by atoms with Crippen LogP contribution in [0, 0.1) is 5.92 Å².